The van der Waals surface area contributed by atoms with Crippen molar-refractivity contribution in [1.29, 1.82) is 0 Å². The van der Waals surface area contributed by atoms with E-state index in [0.717, 1.165) is 41.5 Å². The molecule has 1 aliphatic heterocycles. The van der Waals surface area contributed by atoms with E-state index in [9.17, 15) is 0 Å². The van der Waals surface area contributed by atoms with Crippen molar-refractivity contribution in [2.45, 2.75) is 83.1 Å². The molecule has 0 amide bonds. The molecule has 1 fully saturated rings. The van der Waals surface area contributed by atoms with Crippen molar-refractivity contribution >= 4 is 0 Å². The minimum Gasteiger partial charge on any atom is -0.374 e. The number of benzene rings is 4. The molecule has 4 aromatic rings. The van der Waals surface area contributed by atoms with E-state index in [1.165, 1.54) is 0 Å². The lowest BCUT2D eigenvalue weighted by atomic mass is 9.91. The van der Waals surface area contributed by atoms with Gasteiger partial charge in [0.1, 0.15) is 24.4 Å². The maximum absolute atomic E-state index is 6.86. The zero-order valence-corrected chi connectivity index (χ0v) is 25.1. The fourth-order valence-electron chi connectivity index (χ4n) is 5.52. The first-order valence-electron chi connectivity index (χ1n) is 15.5. The van der Waals surface area contributed by atoms with Crippen LogP contribution in [0.5, 0.6) is 0 Å². The fourth-order valence-corrected chi connectivity index (χ4v) is 5.52. The van der Waals surface area contributed by atoms with Crippen LogP contribution >= 0.6 is 0 Å². The molecule has 1 heterocycles. The average molecular weight is 581 g/mol. The normalized spacial score (nSPS) is 21.9. The molecule has 5 rings (SSSR count). The van der Waals surface area contributed by atoms with Crippen LogP contribution in [0.3, 0.4) is 0 Å². The summed E-state index contributed by atoms with van der Waals surface area (Å²) in [6.07, 6.45) is 1.48. The molecule has 0 aliphatic carbocycles. The van der Waals surface area contributed by atoms with Crippen LogP contribution in [0.2, 0.25) is 0 Å². The van der Waals surface area contributed by atoms with Crippen molar-refractivity contribution < 1.29 is 23.7 Å². The van der Waals surface area contributed by atoms with E-state index in [4.69, 9.17) is 23.7 Å². The van der Waals surface area contributed by atoms with Gasteiger partial charge in [0.25, 0.3) is 0 Å². The van der Waals surface area contributed by atoms with Gasteiger partial charge in [-0.15, -0.1) is 0 Å². The van der Waals surface area contributed by atoms with Crippen molar-refractivity contribution in [3.05, 3.63) is 144 Å². The van der Waals surface area contributed by atoms with Crippen LogP contribution in [0.25, 0.3) is 0 Å². The summed E-state index contributed by atoms with van der Waals surface area (Å²) in [6.45, 7) is 4.49. The number of ether oxygens (including phenoxy) is 5. The van der Waals surface area contributed by atoms with Crippen LogP contribution in [0.4, 0.5) is 0 Å². The van der Waals surface area contributed by atoms with Gasteiger partial charge in [0.15, 0.2) is 0 Å². The Morgan fingerprint density at radius 1 is 0.488 bits per heavy atom. The van der Waals surface area contributed by atoms with Crippen LogP contribution in [0.1, 0.15) is 48.4 Å². The molecule has 226 valence electrons. The molecule has 0 radical (unpaired) electrons. The predicted molar refractivity (Wildman–Crippen MR) is 169 cm³/mol. The summed E-state index contributed by atoms with van der Waals surface area (Å²) >= 11 is 0. The number of hydrogen-bond acceptors (Lipinski definition) is 5. The van der Waals surface area contributed by atoms with Gasteiger partial charge >= 0.3 is 0 Å². The maximum atomic E-state index is 6.86. The van der Waals surface area contributed by atoms with Crippen LogP contribution in [0, 0.1) is 0 Å². The summed E-state index contributed by atoms with van der Waals surface area (Å²) in [6, 6.07) is 41.1. The molecule has 1 saturated heterocycles. The summed E-state index contributed by atoms with van der Waals surface area (Å²) in [5.74, 6) is 0. The molecule has 0 bridgehead atoms. The lowest BCUT2D eigenvalue weighted by molar-refractivity contribution is -0.273. The molecule has 5 nitrogen and oxygen atoms in total. The molecule has 1 aliphatic rings. The molecule has 0 unspecified atom stereocenters. The van der Waals surface area contributed by atoms with Crippen molar-refractivity contribution in [2.75, 3.05) is 6.61 Å². The SMILES string of the molecule is CCCC[C@@H]1O[C@H](COCc2ccccc2)[C@@H](OCc2ccccc2)[C@H](OCc2ccccc2)[C@H]1OCc1ccccc1. The highest BCUT2D eigenvalue weighted by Crippen LogP contribution is 2.33. The van der Waals surface area contributed by atoms with Crippen LogP contribution in [0.15, 0.2) is 121 Å². The van der Waals surface area contributed by atoms with Gasteiger partial charge in [-0.25, -0.2) is 0 Å². The van der Waals surface area contributed by atoms with E-state index in [-0.39, 0.29) is 24.4 Å². The average Bonchev–Trinajstić information content (AvgIpc) is 3.07. The first-order valence-corrected chi connectivity index (χ1v) is 15.5. The topological polar surface area (TPSA) is 46.2 Å². The Morgan fingerprint density at radius 3 is 1.33 bits per heavy atom. The second-order valence-electron chi connectivity index (χ2n) is 11.1. The van der Waals surface area contributed by atoms with Crippen LogP contribution in [-0.4, -0.2) is 37.1 Å². The Balaban J connectivity index is 1.41. The van der Waals surface area contributed by atoms with E-state index in [0.29, 0.717) is 33.0 Å². The zero-order chi connectivity index (χ0) is 29.5. The second kappa shape index (κ2) is 17.1. The van der Waals surface area contributed by atoms with Gasteiger partial charge in [0.2, 0.25) is 0 Å². The summed E-state index contributed by atoms with van der Waals surface area (Å²) < 4.78 is 33.3. The van der Waals surface area contributed by atoms with Crippen molar-refractivity contribution in [3.63, 3.8) is 0 Å². The Bertz CT molecular complexity index is 1290. The third-order valence-corrected chi connectivity index (χ3v) is 7.82. The lowest BCUT2D eigenvalue weighted by Gasteiger charge is -2.46. The van der Waals surface area contributed by atoms with Crippen LogP contribution in [-0.2, 0) is 50.1 Å². The standard InChI is InChI=1S/C38H44O5/c1-2-3-24-34-36(40-26-31-18-10-5-11-19-31)38(42-28-33-22-14-7-15-23-33)37(41-27-32-20-12-6-13-21-32)35(43-34)29-39-25-30-16-8-4-9-17-30/h4-23,34-38H,2-3,24-29H2,1H3/t34-,35+,36-,37+,38+/m0/s1. The first-order chi connectivity index (χ1) is 21.3. The first kappa shape index (κ1) is 31.1. The monoisotopic (exact) mass is 580 g/mol. The third-order valence-electron chi connectivity index (χ3n) is 7.82. The summed E-state index contributed by atoms with van der Waals surface area (Å²) in [7, 11) is 0. The van der Waals surface area contributed by atoms with Crippen molar-refractivity contribution in [1.82, 2.24) is 0 Å². The van der Waals surface area contributed by atoms with Gasteiger partial charge < -0.3 is 23.7 Å². The molecular formula is C38H44O5. The molecule has 0 N–H and O–H groups in total. The van der Waals surface area contributed by atoms with E-state index < -0.39 is 6.10 Å². The fraction of sp³-hybridized carbons (Fsp3) is 0.368. The Kier molecular flexibility index (Phi) is 12.4. The van der Waals surface area contributed by atoms with Gasteiger partial charge in [-0.05, 0) is 28.7 Å². The molecule has 0 spiro atoms. The molecule has 5 atom stereocenters. The largest absolute Gasteiger partial charge is 0.374 e. The minimum atomic E-state index is -0.390. The zero-order valence-electron chi connectivity index (χ0n) is 25.1. The van der Waals surface area contributed by atoms with Crippen molar-refractivity contribution in [2.24, 2.45) is 0 Å². The predicted octanol–water partition coefficient (Wildman–Crippen LogP) is 7.92. The molecule has 4 aromatic carbocycles. The minimum absolute atomic E-state index is 0.147. The second-order valence-corrected chi connectivity index (χ2v) is 11.1. The Morgan fingerprint density at radius 2 is 0.884 bits per heavy atom. The molecule has 5 heteroatoms. The molecule has 0 saturated carbocycles. The van der Waals surface area contributed by atoms with Gasteiger partial charge in [-0.2, -0.15) is 0 Å². The van der Waals surface area contributed by atoms with Gasteiger partial charge in [0.05, 0.1) is 39.1 Å². The summed E-state index contributed by atoms with van der Waals surface area (Å²) in [5, 5.41) is 0. The van der Waals surface area contributed by atoms with Gasteiger partial charge in [-0.1, -0.05) is 141 Å². The van der Waals surface area contributed by atoms with Crippen molar-refractivity contribution in [3.8, 4) is 0 Å². The molecule has 0 aromatic heterocycles. The Labute approximate surface area is 256 Å². The van der Waals surface area contributed by atoms with E-state index in [2.05, 4.69) is 55.5 Å². The third kappa shape index (κ3) is 9.59. The summed E-state index contributed by atoms with van der Waals surface area (Å²) in [5.41, 5.74) is 4.46. The highest BCUT2D eigenvalue weighted by molar-refractivity contribution is 5.16. The van der Waals surface area contributed by atoms with E-state index in [1.54, 1.807) is 0 Å². The quantitative estimate of drug-likeness (QED) is 0.135. The number of unbranched alkanes of at least 4 members (excludes halogenated alkanes) is 1. The molecular weight excluding hydrogens is 536 g/mol. The Hall–Kier alpha value is -3.32. The number of hydrogen-bond donors (Lipinski definition) is 0. The smallest absolute Gasteiger partial charge is 0.115 e. The number of rotatable bonds is 16. The van der Waals surface area contributed by atoms with Gasteiger partial charge in [-0.3, -0.25) is 0 Å². The van der Waals surface area contributed by atoms with Gasteiger partial charge in [0, 0.05) is 0 Å². The van der Waals surface area contributed by atoms with Crippen LogP contribution < -0.4 is 0 Å². The van der Waals surface area contributed by atoms with E-state index in [1.807, 2.05) is 72.8 Å². The molecule has 43 heavy (non-hydrogen) atoms. The highest BCUT2D eigenvalue weighted by atomic mass is 16.6. The maximum Gasteiger partial charge on any atom is 0.115 e. The van der Waals surface area contributed by atoms with E-state index >= 15 is 0 Å². The lowest BCUT2D eigenvalue weighted by Crippen LogP contribution is -2.61. The highest BCUT2D eigenvalue weighted by Gasteiger charge is 2.48. The summed E-state index contributed by atoms with van der Waals surface area (Å²) in [4.78, 5) is 0.